The van der Waals surface area contributed by atoms with Crippen molar-refractivity contribution in [3.63, 3.8) is 0 Å². The lowest BCUT2D eigenvalue weighted by Gasteiger charge is -2.17. The molecule has 1 aliphatic carbocycles. The number of fused-ring (bicyclic) bond motifs is 3. The van der Waals surface area contributed by atoms with Gasteiger partial charge < -0.3 is 20.2 Å². The van der Waals surface area contributed by atoms with Crippen molar-refractivity contribution in [1.29, 1.82) is 0 Å². The molecule has 3 N–H and O–H groups in total. The molecule has 0 aliphatic heterocycles. The monoisotopic (exact) mass is 568 g/mol. The fourth-order valence-corrected chi connectivity index (χ4v) is 5.80. The van der Waals surface area contributed by atoms with Gasteiger partial charge in [-0.3, -0.25) is 14.2 Å². The number of carboxylic acids is 1. The van der Waals surface area contributed by atoms with E-state index in [-0.39, 0.29) is 29.8 Å². The smallest absolute Gasteiger partial charge is 0.419 e. The molecule has 0 fully saturated rings. The Morgan fingerprint density at radius 1 is 1.12 bits per heavy atom. The van der Waals surface area contributed by atoms with Gasteiger partial charge in [-0.2, -0.15) is 5.10 Å². The summed E-state index contributed by atoms with van der Waals surface area (Å²) in [4.78, 5) is 54.8. The van der Waals surface area contributed by atoms with Crippen molar-refractivity contribution < 1.29 is 23.9 Å². The molecule has 214 valence electrons. The predicted octanol–water partition coefficient (Wildman–Crippen LogP) is 3.09. The average molecular weight is 569 g/mol. The molecule has 0 saturated carbocycles. The van der Waals surface area contributed by atoms with E-state index in [4.69, 9.17) is 4.42 Å². The maximum absolute atomic E-state index is 13.6. The number of nitrogens with one attached hydrogen (secondary N) is 2. The Hall–Kier alpha value is -5.26. The standard InChI is InChI=1S/C30H28N6O6/c1-4-17-21(27(37)31-13-16-5-10-25-23(11-16)35(3)30(41)42-25)12-24(36-26(17)32-14-33-36)28(38)34-22-9-8-18-15(2)19(29(39)40)6-7-20(18)22/h5-7,10-12,14,22H,4,8-9,13H2,1-3H3,(H,31,37)(H,34,38)(H,39,40)/t22-/m0/s1. The van der Waals surface area contributed by atoms with Crippen LogP contribution in [0.2, 0.25) is 0 Å². The van der Waals surface area contributed by atoms with Crippen molar-refractivity contribution in [2.75, 3.05) is 0 Å². The van der Waals surface area contributed by atoms with Crippen LogP contribution in [0.25, 0.3) is 16.7 Å². The van der Waals surface area contributed by atoms with Gasteiger partial charge in [0.25, 0.3) is 11.8 Å². The summed E-state index contributed by atoms with van der Waals surface area (Å²) < 4.78 is 8.01. The van der Waals surface area contributed by atoms with Crippen molar-refractivity contribution in [1.82, 2.24) is 29.8 Å². The largest absolute Gasteiger partial charge is 0.478 e. The van der Waals surface area contributed by atoms with Crippen LogP contribution in [0.5, 0.6) is 0 Å². The maximum Gasteiger partial charge on any atom is 0.419 e. The summed E-state index contributed by atoms with van der Waals surface area (Å²) in [6.45, 7) is 3.87. The van der Waals surface area contributed by atoms with Gasteiger partial charge in [0.1, 0.15) is 12.0 Å². The van der Waals surface area contributed by atoms with Crippen LogP contribution in [0.15, 0.2) is 51.9 Å². The Morgan fingerprint density at radius 2 is 1.93 bits per heavy atom. The molecule has 0 bridgehead atoms. The number of hydrogen-bond donors (Lipinski definition) is 3. The number of amides is 2. The number of carboxylic acid groups (broad SMARTS) is 1. The highest BCUT2D eigenvalue weighted by Crippen LogP contribution is 2.35. The minimum absolute atomic E-state index is 0.159. The quantitative estimate of drug-likeness (QED) is 0.270. The van der Waals surface area contributed by atoms with Crippen LogP contribution in [-0.2, 0) is 26.4 Å². The summed E-state index contributed by atoms with van der Waals surface area (Å²) in [6.07, 6.45) is 3.10. The lowest BCUT2D eigenvalue weighted by molar-refractivity contribution is 0.0695. The van der Waals surface area contributed by atoms with Gasteiger partial charge in [-0.25, -0.2) is 19.1 Å². The number of carbonyl (C=O) groups excluding carboxylic acids is 2. The molecule has 5 aromatic rings. The van der Waals surface area contributed by atoms with Crippen molar-refractivity contribution >= 4 is 34.5 Å². The molecule has 0 saturated heterocycles. The molecule has 6 rings (SSSR count). The topological polar surface area (TPSA) is 161 Å². The second-order valence-electron chi connectivity index (χ2n) is 10.4. The third-order valence-corrected chi connectivity index (χ3v) is 8.02. The number of hydrogen-bond acceptors (Lipinski definition) is 7. The van der Waals surface area contributed by atoms with Crippen molar-refractivity contribution in [3.8, 4) is 0 Å². The summed E-state index contributed by atoms with van der Waals surface area (Å²) in [7, 11) is 1.61. The van der Waals surface area contributed by atoms with Gasteiger partial charge in [-0.05, 0) is 72.7 Å². The number of oxazole rings is 1. The molecule has 0 unspecified atom stereocenters. The normalized spacial score (nSPS) is 14.3. The minimum Gasteiger partial charge on any atom is -0.478 e. The fraction of sp³-hybridized carbons (Fsp3) is 0.267. The number of rotatable bonds is 7. The zero-order valence-electron chi connectivity index (χ0n) is 23.2. The van der Waals surface area contributed by atoms with Gasteiger partial charge in [0.15, 0.2) is 11.2 Å². The Morgan fingerprint density at radius 3 is 2.69 bits per heavy atom. The van der Waals surface area contributed by atoms with E-state index in [1.807, 2.05) is 6.92 Å². The van der Waals surface area contributed by atoms with Crippen LogP contribution in [0.3, 0.4) is 0 Å². The SMILES string of the molecule is CCc1c(C(=O)NCc2ccc3oc(=O)n(C)c3c2)cc(C(=O)N[C@H]2CCc3c2ccc(C(=O)O)c3C)n2ncnc12. The van der Waals surface area contributed by atoms with E-state index in [9.17, 15) is 24.3 Å². The molecule has 0 radical (unpaired) electrons. The van der Waals surface area contributed by atoms with Crippen molar-refractivity contribution in [2.24, 2.45) is 7.05 Å². The van der Waals surface area contributed by atoms with Gasteiger partial charge in [0.2, 0.25) is 0 Å². The summed E-state index contributed by atoms with van der Waals surface area (Å²) in [5.41, 5.74) is 6.16. The molecule has 3 aromatic heterocycles. The number of aromatic nitrogens is 4. The maximum atomic E-state index is 13.6. The number of carbonyl (C=O) groups is 3. The Labute approximate surface area is 239 Å². The van der Waals surface area contributed by atoms with Crippen molar-refractivity contribution in [3.05, 3.63) is 97.9 Å². The number of benzene rings is 2. The highest BCUT2D eigenvalue weighted by Gasteiger charge is 2.29. The lowest BCUT2D eigenvalue weighted by atomic mass is 9.98. The van der Waals surface area contributed by atoms with Crippen LogP contribution < -0.4 is 16.4 Å². The molecule has 2 amide bonds. The number of pyridine rings is 1. The second kappa shape index (κ2) is 10.3. The van der Waals surface area contributed by atoms with Gasteiger partial charge in [-0.15, -0.1) is 0 Å². The summed E-state index contributed by atoms with van der Waals surface area (Å²) in [5.74, 6) is -2.25. The summed E-state index contributed by atoms with van der Waals surface area (Å²) >= 11 is 0. The third-order valence-electron chi connectivity index (χ3n) is 8.02. The van der Waals surface area contributed by atoms with Crippen LogP contribution in [0.1, 0.15) is 78.4 Å². The molecule has 42 heavy (non-hydrogen) atoms. The molecule has 0 spiro atoms. The van der Waals surface area contributed by atoms with Crippen molar-refractivity contribution in [2.45, 2.75) is 45.7 Å². The first-order valence-corrected chi connectivity index (χ1v) is 13.6. The van der Waals surface area contributed by atoms with E-state index in [0.717, 1.165) is 16.7 Å². The van der Waals surface area contributed by atoms with Gasteiger partial charge in [-0.1, -0.05) is 19.1 Å². The van der Waals surface area contributed by atoms with E-state index in [2.05, 4.69) is 20.7 Å². The number of nitrogens with zero attached hydrogens (tertiary/aromatic N) is 4. The fourth-order valence-electron chi connectivity index (χ4n) is 5.80. The van der Waals surface area contributed by atoms with Crippen LogP contribution in [0.4, 0.5) is 0 Å². The highest BCUT2D eigenvalue weighted by molar-refractivity contribution is 6.01. The first kappa shape index (κ1) is 26.9. The van der Waals surface area contributed by atoms with E-state index in [1.54, 1.807) is 44.3 Å². The number of aromatic carboxylic acids is 1. The van der Waals surface area contributed by atoms with Crippen LogP contribution >= 0.6 is 0 Å². The Kier molecular flexibility index (Phi) is 6.60. The summed E-state index contributed by atoms with van der Waals surface area (Å²) in [6, 6.07) is 9.78. The highest BCUT2D eigenvalue weighted by atomic mass is 16.4. The molecule has 1 aliphatic rings. The first-order valence-electron chi connectivity index (χ1n) is 13.6. The first-order chi connectivity index (χ1) is 20.2. The lowest BCUT2D eigenvalue weighted by Crippen LogP contribution is -2.31. The van der Waals surface area contributed by atoms with E-state index >= 15 is 0 Å². The molecule has 2 aromatic carbocycles. The predicted molar refractivity (Wildman–Crippen MR) is 152 cm³/mol. The average Bonchev–Trinajstić information content (AvgIpc) is 3.69. The van der Waals surface area contributed by atoms with Gasteiger partial charge in [0, 0.05) is 24.7 Å². The van der Waals surface area contributed by atoms with Crippen LogP contribution in [-0.4, -0.2) is 42.1 Å². The summed E-state index contributed by atoms with van der Waals surface area (Å²) in [5, 5.41) is 19.7. The number of aryl methyl sites for hydroxylation is 2. The molecule has 12 nitrogen and oxygen atoms in total. The van der Waals surface area contributed by atoms with Gasteiger partial charge >= 0.3 is 11.7 Å². The molecule has 1 atom stereocenters. The zero-order chi connectivity index (χ0) is 29.7. The second-order valence-corrected chi connectivity index (χ2v) is 10.4. The minimum atomic E-state index is -0.981. The molecular formula is C30H28N6O6. The molecular weight excluding hydrogens is 540 g/mol. The van der Waals surface area contributed by atoms with E-state index < -0.39 is 17.6 Å². The van der Waals surface area contributed by atoms with Gasteiger partial charge in [0.05, 0.1) is 17.1 Å². The third kappa shape index (κ3) is 4.41. The van der Waals surface area contributed by atoms with Crippen LogP contribution in [0, 0.1) is 6.92 Å². The van der Waals surface area contributed by atoms with E-state index in [0.29, 0.717) is 52.7 Å². The Bertz CT molecular complexity index is 1980. The molecule has 3 heterocycles. The molecule has 12 heteroatoms. The zero-order valence-corrected chi connectivity index (χ0v) is 23.2. The Balaban J connectivity index is 1.28. The van der Waals surface area contributed by atoms with E-state index in [1.165, 1.54) is 21.5 Å².